The Kier molecular flexibility index (Phi) is 36.7. The van der Waals surface area contributed by atoms with E-state index in [0.717, 1.165) is 0 Å². The van der Waals surface area contributed by atoms with Crippen LogP contribution in [-0.4, -0.2) is 14.7 Å². The molecule has 8 heteroatoms. The third kappa shape index (κ3) is 987. The molecule has 0 atom stereocenters. The Balaban J connectivity index is -0.0000000178. The number of hydrogen-bond donors (Lipinski definition) is 3. The van der Waals surface area contributed by atoms with Crippen molar-refractivity contribution >= 4 is 7.82 Å². The first-order chi connectivity index (χ1) is 4.00. The minimum absolute atomic E-state index is 0. The molecule has 0 spiro atoms. The van der Waals surface area contributed by atoms with Crippen LogP contribution in [0.3, 0.4) is 0 Å². The molecule has 0 aromatic heterocycles. The molecular weight excluding hydrogens is 186 g/mol. The van der Waals surface area contributed by atoms with Crippen LogP contribution in [0, 0.1) is 23.7 Å². The maximum Gasteiger partial charge on any atom is 1.00 e. The maximum absolute atomic E-state index is 8.88. The van der Waals surface area contributed by atoms with Gasteiger partial charge in [-0.2, -0.15) is 0 Å². The summed E-state index contributed by atoms with van der Waals surface area (Å²) >= 11 is 0. The smallest absolute Gasteiger partial charge is 1.00 e. The molecule has 0 bridgehead atoms. The Morgan fingerprint density at radius 3 is 1.10 bits per heavy atom. The van der Waals surface area contributed by atoms with E-state index < -0.39 is 7.82 Å². The fourth-order valence-electron chi connectivity index (χ4n) is 0. The van der Waals surface area contributed by atoms with Crippen molar-refractivity contribution in [3.8, 4) is 13.1 Å². The van der Waals surface area contributed by atoms with Gasteiger partial charge >= 0.3 is 59.2 Å². The van der Waals surface area contributed by atoms with Gasteiger partial charge in [-0.25, -0.2) is 15.1 Å². The zero-order valence-electron chi connectivity index (χ0n) is 6.25. The Morgan fingerprint density at radius 1 is 1.10 bits per heavy atom. The summed E-state index contributed by atoms with van der Waals surface area (Å²) in [7, 11) is -4.64. The molecule has 0 rings (SSSR count). The van der Waals surface area contributed by atoms with Gasteiger partial charge < -0.3 is 16.1 Å². The van der Waals surface area contributed by atoms with Crippen molar-refractivity contribution in [2.45, 2.75) is 0 Å². The summed E-state index contributed by atoms with van der Waals surface area (Å²) in [6.45, 7) is 7.00. The molecule has 10 heavy (non-hydrogen) atoms. The van der Waals surface area contributed by atoms with Crippen LogP contribution < -0.4 is 51.4 Å². The fourth-order valence-corrected chi connectivity index (χ4v) is 0. The average molecular weight is 192 g/mol. The summed E-state index contributed by atoms with van der Waals surface area (Å²) in [5, 5.41) is 13.0. The molecule has 6 nitrogen and oxygen atoms in total. The number of hydrogen-bond acceptors (Lipinski definition) is 3. The van der Waals surface area contributed by atoms with E-state index in [0.29, 0.717) is 0 Å². The largest absolute Gasteiger partial charge is 1.00 e. The van der Waals surface area contributed by atoms with Crippen LogP contribution in [0.15, 0.2) is 0 Å². The quantitative estimate of drug-likeness (QED) is 0.269. The zero-order valence-corrected chi connectivity index (χ0v) is 9.26. The molecule has 0 aliphatic carbocycles. The number of nitrogens with zero attached hydrogens (tertiary/aromatic N) is 2. The average Bonchev–Trinajstić information content (AvgIpc) is 1.72. The van der Waals surface area contributed by atoms with Gasteiger partial charge in [-0.1, -0.05) is 0 Å². The second-order valence-corrected chi connectivity index (χ2v) is 1.54. The number of phosphoric acid groups is 1. The first-order valence-electron chi connectivity index (χ1n) is 1.30. The van der Waals surface area contributed by atoms with Crippen LogP contribution in [0.1, 0.15) is 1.43 Å². The van der Waals surface area contributed by atoms with E-state index in [9.17, 15) is 0 Å². The Bertz CT molecular complexity index is 118. The topological polar surface area (TPSA) is 125 Å². The third-order valence-electron chi connectivity index (χ3n) is 0. The van der Waals surface area contributed by atoms with E-state index in [2.05, 4.69) is 13.1 Å². The summed E-state index contributed by atoms with van der Waals surface area (Å²) in [5.74, 6) is 0. The van der Waals surface area contributed by atoms with Gasteiger partial charge in [-0.15, -0.1) is 0 Å². The minimum Gasteiger partial charge on any atom is -1.00 e. The molecule has 0 radical (unpaired) electrons. The van der Waals surface area contributed by atoms with Crippen LogP contribution in [0.5, 0.6) is 0 Å². The van der Waals surface area contributed by atoms with Crippen LogP contribution in [-0.2, 0) is 4.57 Å². The normalized spacial score (nSPS) is 6.30. The molecule has 0 amide bonds. The summed E-state index contributed by atoms with van der Waals surface area (Å²) in [5.41, 5.74) is 0. The van der Waals surface area contributed by atoms with E-state index in [1.807, 2.05) is 0 Å². The SMILES string of the molecule is C#N.C#N.O=P(O)(O)O.[H-].[K+]. The molecule has 0 aliphatic rings. The molecule has 0 aromatic rings. The summed E-state index contributed by atoms with van der Waals surface area (Å²) in [4.78, 5) is 21.6. The van der Waals surface area contributed by atoms with Gasteiger partial charge in [-0.3, -0.25) is 0 Å². The summed E-state index contributed by atoms with van der Waals surface area (Å²) in [6.07, 6.45) is 0. The van der Waals surface area contributed by atoms with Crippen LogP contribution in [0.25, 0.3) is 0 Å². The zero-order chi connectivity index (χ0) is 8.50. The molecule has 0 aliphatic heterocycles. The molecule has 0 heterocycles. The molecule has 3 N–H and O–H groups in total. The first-order valence-corrected chi connectivity index (χ1v) is 2.86. The molecule has 0 unspecified atom stereocenters. The minimum atomic E-state index is -4.64. The van der Waals surface area contributed by atoms with Crippen molar-refractivity contribution in [2.75, 3.05) is 0 Å². The van der Waals surface area contributed by atoms with Gasteiger partial charge in [0.15, 0.2) is 0 Å². The van der Waals surface area contributed by atoms with E-state index in [1.165, 1.54) is 0 Å². The number of nitriles is 2. The molecule has 0 aromatic carbocycles. The summed E-state index contributed by atoms with van der Waals surface area (Å²) < 4.78 is 8.88. The standard InChI is InChI=1S/2CHN.K.H3O4P.H/c2*1-2;;1-5(2,3)4;/h2*1H;;(H3,1,2,3,4);/q;;+1;;-1. The van der Waals surface area contributed by atoms with Crippen LogP contribution >= 0.6 is 7.82 Å². The Hall–Kier alpha value is 0.726. The third-order valence-corrected chi connectivity index (χ3v) is 0. The molecule has 0 fully saturated rings. The van der Waals surface area contributed by atoms with E-state index in [-0.39, 0.29) is 52.8 Å². The number of rotatable bonds is 0. The summed E-state index contributed by atoms with van der Waals surface area (Å²) in [6, 6.07) is 0. The maximum atomic E-state index is 8.88. The van der Waals surface area contributed by atoms with E-state index >= 15 is 0 Å². The first kappa shape index (κ1) is 22.4. The van der Waals surface area contributed by atoms with E-state index in [1.54, 1.807) is 0 Å². The van der Waals surface area contributed by atoms with Crippen molar-refractivity contribution in [3.05, 3.63) is 0 Å². The van der Waals surface area contributed by atoms with E-state index in [4.69, 9.17) is 29.8 Å². The van der Waals surface area contributed by atoms with Gasteiger partial charge in [-0.05, 0) is 0 Å². The molecule has 0 saturated carbocycles. The van der Waals surface area contributed by atoms with Gasteiger partial charge in [0.25, 0.3) is 0 Å². The van der Waals surface area contributed by atoms with Gasteiger partial charge in [0.05, 0.1) is 0 Å². The van der Waals surface area contributed by atoms with Crippen molar-refractivity contribution in [3.63, 3.8) is 0 Å². The predicted molar refractivity (Wildman–Crippen MR) is 28.7 cm³/mol. The van der Waals surface area contributed by atoms with Crippen LogP contribution in [0.2, 0.25) is 0 Å². The van der Waals surface area contributed by atoms with Crippen molar-refractivity contribution in [2.24, 2.45) is 0 Å². The predicted octanol–water partition coefficient (Wildman–Crippen LogP) is -3.53. The molecule has 54 valence electrons. The molecular formula is C2H6KN2O4P. The van der Waals surface area contributed by atoms with Gasteiger partial charge in [0, 0.05) is 13.1 Å². The van der Waals surface area contributed by atoms with Crippen molar-refractivity contribution in [1.29, 1.82) is 10.5 Å². The Morgan fingerprint density at radius 2 is 1.10 bits per heavy atom. The van der Waals surface area contributed by atoms with Crippen molar-refractivity contribution in [1.82, 2.24) is 0 Å². The van der Waals surface area contributed by atoms with Gasteiger partial charge in [0.2, 0.25) is 0 Å². The Labute approximate surface area is 102 Å². The molecule has 0 saturated heterocycles. The fraction of sp³-hybridized carbons (Fsp3) is 0. The van der Waals surface area contributed by atoms with Gasteiger partial charge in [0.1, 0.15) is 0 Å². The van der Waals surface area contributed by atoms with Crippen molar-refractivity contribution < 1.29 is 72.1 Å². The second-order valence-electron chi connectivity index (χ2n) is 0.513. The van der Waals surface area contributed by atoms with Crippen LogP contribution in [0.4, 0.5) is 0 Å². The monoisotopic (exact) mass is 192 g/mol. The second kappa shape index (κ2) is 16.4.